The van der Waals surface area contributed by atoms with Crippen LogP contribution in [0, 0.1) is 0 Å². The Balaban J connectivity index is 1.65. The standard InChI is InChI=1S/C16H21ClN4O2/c1-2-21-11-18-19-16(21)15-10-20(6-7-23-15)9-14(22)12-4-3-5-13(17)8-12/h3-5,8,11,14-15,22H,2,6-7,9-10H2,1H3/t14-,15+/m1/s1. The minimum Gasteiger partial charge on any atom is -0.387 e. The van der Waals surface area contributed by atoms with E-state index >= 15 is 0 Å². The third kappa shape index (κ3) is 3.90. The Bertz CT molecular complexity index is 649. The molecule has 1 saturated heterocycles. The highest BCUT2D eigenvalue weighted by Gasteiger charge is 2.27. The van der Waals surface area contributed by atoms with Gasteiger partial charge in [0.25, 0.3) is 0 Å². The van der Waals surface area contributed by atoms with Crippen molar-refractivity contribution in [2.75, 3.05) is 26.2 Å². The fraction of sp³-hybridized carbons (Fsp3) is 0.500. The van der Waals surface area contributed by atoms with Gasteiger partial charge in [0.2, 0.25) is 0 Å². The van der Waals surface area contributed by atoms with Gasteiger partial charge in [-0.05, 0) is 24.6 Å². The zero-order valence-corrected chi connectivity index (χ0v) is 13.9. The highest BCUT2D eigenvalue weighted by molar-refractivity contribution is 6.30. The predicted octanol–water partition coefficient (Wildman–Crippen LogP) is 2.06. The van der Waals surface area contributed by atoms with Crippen LogP contribution in [0.1, 0.15) is 30.5 Å². The molecule has 1 N–H and O–H groups in total. The van der Waals surface area contributed by atoms with E-state index < -0.39 is 6.10 Å². The molecule has 1 aromatic heterocycles. The Morgan fingerprint density at radius 1 is 1.48 bits per heavy atom. The number of aryl methyl sites for hydroxylation is 1. The number of hydrogen-bond acceptors (Lipinski definition) is 5. The van der Waals surface area contributed by atoms with Crippen LogP contribution in [0.2, 0.25) is 5.02 Å². The third-order valence-electron chi connectivity index (χ3n) is 4.09. The lowest BCUT2D eigenvalue weighted by Crippen LogP contribution is -2.41. The second kappa shape index (κ2) is 7.40. The van der Waals surface area contributed by atoms with Crippen LogP contribution in [0.3, 0.4) is 0 Å². The number of aliphatic hydroxyl groups is 1. The van der Waals surface area contributed by atoms with Crippen LogP contribution >= 0.6 is 11.6 Å². The van der Waals surface area contributed by atoms with E-state index in [2.05, 4.69) is 22.0 Å². The zero-order chi connectivity index (χ0) is 16.2. The summed E-state index contributed by atoms with van der Waals surface area (Å²) in [7, 11) is 0. The molecule has 6 nitrogen and oxygen atoms in total. The molecule has 0 aliphatic carbocycles. The first-order valence-corrected chi connectivity index (χ1v) is 8.20. The lowest BCUT2D eigenvalue weighted by Gasteiger charge is -2.33. The summed E-state index contributed by atoms with van der Waals surface area (Å²) in [6.07, 6.45) is 1.03. The summed E-state index contributed by atoms with van der Waals surface area (Å²) >= 11 is 5.99. The topological polar surface area (TPSA) is 63.4 Å². The molecule has 1 aliphatic rings. The number of hydrogen-bond donors (Lipinski definition) is 1. The number of β-amino-alcohol motifs (C(OH)–C–C–N with tert-alkyl or cyclic N) is 1. The van der Waals surface area contributed by atoms with Crippen LogP contribution in [-0.2, 0) is 11.3 Å². The van der Waals surface area contributed by atoms with E-state index in [0.717, 1.165) is 24.5 Å². The van der Waals surface area contributed by atoms with Crippen LogP contribution in [0.25, 0.3) is 0 Å². The molecule has 0 unspecified atom stereocenters. The minimum absolute atomic E-state index is 0.113. The predicted molar refractivity (Wildman–Crippen MR) is 87.2 cm³/mol. The second-order valence-electron chi connectivity index (χ2n) is 5.66. The molecule has 23 heavy (non-hydrogen) atoms. The fourth-order valence-electron chi connectivity index (χ4n) is 2.85. The number of rotatable bonds is 5. The molecule has 1 fully saturated rings. The Kier molecular flexibility index (Phi) is 5.27. The summed E-state index contributed by atoms with van der Waals surface area (Å²) in [5.74, 6) is 0.842. The normalized spacial score (nSPS) is 20.6. The Morgan fingerprint density at radius 3 is 3.13 bits per heavy atom. The minimum atomic E-state index is -0.573. The molecular formula is C16H21ClN4O2. The molecule has 1 aromatic carbocycles. The number of aliphatic hydroxyl groups excluding tert-OH is 1. The van der Waals surface area contributed by atoms with Crippen LogP contribution in [-0.4, -0.2) is 51.0 Å². The summed E-state index contributed by atoms with van der Waals surface area (Å²) < 4.78 is 7.82. The number of morpholine rings is 1. The molecule has 3 rings (SSSR count). The molecule has 0 bridgehead atoms. The van der Waals surface area contributed by atoms with Crippen LogP contribution < -0.4 is 0 Å². The molecule has 1 aliphatic heterocycles. The van der Waals surface area contributed by atoms with Crippen molar-refractivity contribution in [1.29, 1.82) is 0 Å². The zero-order valence-electron chi connectivity index (χ0n) is 13.1. The molecule has 0 saturated carbocycles. The maximum absolute atomic E-state index is 10.4. The molecule has 2 heterocycles. The van der Waals surface area contributed by atoms with Gasteiger partial charge in [-0.2, -0.15) is 0 Å². The summed E-state index contributed by atoms with van der Waals surface area (Å²) in [5.41, 5.74) is 0.831. The maximum Gasteiger partial charge on any atom is 0.163 e. The summed E-state index contributed by atoms with van der Waals surface area (Å²) in [4.78, 5) is 2.19. The number of benzene rings is 1. The van der Waals surface area contributed by atoms with E-state index in [-0.39, 0.29) is 6.10 Å². The van der Waals surface area contributed by atoms with E-state index in [4.69, 9.17) is 16.3 Å². The first-order chi connectivity index (χ1) is 11.2. The first-order valence-electron chi connectivity index (χ1n) is 7.82. The molecule has 0 radical (unpaired) electrons. The molecule has 2 aromatic rings. The third-order valence-corrected chi connectivity index (χ3v) is 4.32. The number of aromatic nitrogens is 3. The second-order valence-corrected chi connectivity index (χ2v) is 6.10. The Morgan fingerprint density at radius 2 is 2.35 bits per heavy atom. The molecule has 124 valence electrons. The number of halogens is 1. The van der Waals surface area contributed by atoms with E-state index in [9.17, 15) is 5.11 Å². The summed E-state index contributed by atoms with van der Waals surface area (Å²) in [6, 6.07) is 7.35. The first kappa shape index (κ1) is 16.4. The highest BCUT2D eigenvalue weighted by atomic mass is 35.5. The summed E-state index contributed by atoms with van der Waals surface area (Å²) in [6.45, 7) is 5.50. The highest BCUT2D eigenvalue weighted by Crippen LogP contribution is 2.23. The number of nitrogens with zero attached hydrogens (tertiary/aromatic N) is 4. The van der Waals surface area contributed by atoms with Gasteiger partial charge < -0.3 is 14.4 Å². The van der Waals surface area contributed by atoms with Gasteiger partial charge in [-0.1, -0.05) is 23.7 Å². The smallest absolute Gasteiger partial charge is 0.163 e. The van der Waals surface area contributed by atoms with E-state index in [1.807, 2.05) is 16.7 Å². The van der Waals surface area contributed by atoms with Crippen molar-refractivity contribution >= 4 is 11.6 Å². The average molecular weight is 337 g/mol. The van der Waals surface area contributed by atoms with E-state index in [1.165, 1.54) is 0 Å². The Hall–Kier alpha value is -1.47. The van der Waals surface area contributed by atoms with Crippen LogP contribution in [0.5, 0.6) is 0 Å². The quantitative estimate of drug-likeness (QED) is 0.905. The van der Waals surface area contributed by atoms with Crippen molar-refractivity contribution in [3.8, 4) is 0 Å². The van der Waals surface area contributed by atoms with Crippen LogP contribution in [0.4, 0.5) is 0 Å². The SMILES string of the molecule is CCn1cnnc1[C@@H]1CN(C[C@@H](O)c2cccc(Cl)c2)CCO1. The molecular weight excluding hydrogens is 316 g/mol. The largest absolute Gasteiger partial charge is 0.387 e. The fourth-order valence-corrected chi connectivity index (χ4v) is 3.04. The van der Waals surface area contributed by atoms with Crippen molar-refractivity contribution in [2.24, 2.45) is 0 Å². The average Bonchev–Trinajstić information content (AvgIpc) is 3.04. The van der Waals surface area contributed by atoms with Gasteiger partial charge in [-0.15, -0.1) is 10.2 Å². The van der Waals surface area contributed by atoms with Gasteiger partial charge >= 0.3 is 0 Å². The van der Waals surface area contributed by atoms with Crippen molar-refractivity contribution in [1.82, 2.24) is 19.7 Å². The van der Waals surface area contributed by atoms with E-state index in [0.29, 0.717) is 24.7 Å². The summed E-state index contributed by atoms with van der Waals surface area (Å²) in [5, 5.41) is 19.2. The van der Waals surface area contributed by atoms with Gasteiger partial charge in [0.15, 0.2) is 5.82 Å². The lowest BCUT2D eigenvalue weighted by molar-refractivity contribution is -0.0476. The van der Waals surface area contributed by atoms with Gasteiger partial charge in [0.05, 0.1) is 12.7 Å². The number of ether oxygens (including phenoxy) is 1. The van der Waals surface area contributed by atoms with Gasteiger partial charge in [-0.3, -0.25) is 4.90 Å². The van der Waals surface area contributed by atoms with Gasteiger partial charge in [0, 0.05) is 31.2 Å². The van der Waals surface area contributed by atoms with Crippen molar-refractivity contribution in [3.05, 3.63) is 47.0 Å². The van der Waals surface area contributed by atoms with Gasteiger partial charge in [-0.25, -0.2) is 0 Å². The monoisotopic (exact) mass is 336 g/mol. The molecule has 0 amide bonds. The van der Waals surface area contributed by atoms with E-state index in [1.54, 1.807) is 18.5 Å². The molecule has 0 spiro atoms. The van der Waals surface area contributed by atoms with Crippen molar-refractivity contribution in [3.63, 3.8) is 0 Å². The lowest BCUT2D eigenvalue weighted by atomic mass is 10.1. The maximum atomic E-state index is 10.4. The Labute approximate surface area is 140 Å². The molecule has 7 heteroatoms. The molecule has 2 atom stereocenters. The van der Waals surface area contributed by atoms with Crippen molar-refractivity contribution in [2.45, 2.75) is 25.7 Å². The van der Waals surface area contributed by atoms with Gasteiger partial charge in [0.1, 0.15) is 12.4 Å². The van der Waals surface area contributed by atoms with Crippen molar-refractivity contribution < 1.29 is 9.84 Å². The van der Waals surface area contributed by atoms with Crippen LogP contribution in [0.15, 0.2) is 30.6 Å².